The lowest BCUT2D eigenvalue weighted by Gasteiger charge is -2.03. The summed E-state index contributed by atoms with van der Waals surface area (Å²) < 4.78 is 5.11. The van der Waals surface area contributed by atoms with Gasteiger partial charge < -0.3 is 10.1 Å². The second-order valence-electron chi connectivity index (χ2n) is 5.69. The van der Waals surface area contributed by atoms with E-state index in [-0.39, 0.29) is 12.3 Å². The Labute approximate surface area is 155 Å². The van der Waals surface area contributed by atoms with Gasteiger partial charge in [0.2, 0.25) is 5.91 Å². The van der Waals surface area contributed by atoms with Crippen LogP contribution in [0.5, 0.6) is 5.75 Å². The molecule has 2 aromatic carbocycles. The quantitative estimate of drug-likeness (QED) is 0.723. The minimum Gasteiger partial charge on any atom is -0.497 e. The van der Waals surface area contributed by atoms with Crippen LogP contribution in [0.2, 0.25) is 0 Å². The molecule has 3 rings (SSSR count). The molecule has 0 saturated heterocycles. The standard InChI is InChI=1S/C20H17N3O2S/c1-25-17-8-6-15(7-9-17)11-19(24)23-20-22-13-18(26-20)10-14-2-4-16(12-21)5-3-14/h2-9,13H,10-11H2,1H3,(H,22,23,24). The van der Waals surface area contributed by atoms with Crippen LogP contribution in [0.1, 0.15) is 21.6 Å². The average Bonchev–Trinajstić information content (AvgIpc) is 3.09. The number of methoxy groups -OCH3 is 1. The van der Waals surface area contributed by atoms with Crippen molar-refractivity contribution in [2.75, 3.05) is 12.4 Å². The van der Waals surface area contributed by atoms with Crippen LogP contribution in [-0.2, 0) is 17.6 Å². The Morgan fingerprint density at radius 1 is 1.15 bits per heavy atom. The van der Waals surface area contributed by atoms with Crippen LogP contribution in [0.15, 0.2) is 54.7 Å². The van der Waals surface area contributed by atoms with Crippen molar-refractivity contribution in [2.45, 2.75) is 12.8 Å². The monoisotopic (exact) mass is 363 g/mol. The van der Waals surface area contributed by atoms with Crippen LogP contribution in [-0.4, -0.2) is 18.0 Å². The number of carbonyl (C=O) groups is 1. The lowest BCUT2D eigenvalue weighted by Crippen LogP contribution is -2.14. The zero-order chi connectivity index (χ0) is 18.4. The molecule has 0 aliphatic carbocycles. The number of nitrogens with one attached hydrogen (secondary N) is 1. The molecule has 0 bridgehead atoms. The van der Waals surface area contributed by atoms with Gasteiger partial charge in [0, 0.05) is 17.5 Å². The van der Waals surface area contributed by atoms with E-state index in [1.54, 1.807) is 25.4 Å². The molecule has 0 aliphatic rings. The number of amides is 1. The second kappa shape index (κ2) is 8.28. The molecule has 1 heterocycles. The molecule has 0 unspecified atom stereocenters. The molecule has 0 spiro atoms. The van der Waals surface area contributed by atoms with Crippen molar-refractivity contribution in [3.8, 4) is 11.8 Å². The van der Waals surface area contributed by atoms with E-state index in [4.69, 9.17) is 10.00 Å². The molecular formula is C20H17N3O2S. The second-order valence-corrected chi connectivity index (χ2v) is 6.81. The third-order valence-corrected chi connectivity index (χ3v) is 4.70. The van der Waals surface area contributed by atoms with E-state index in [1.807, 2.05) is 36.4 Å². The van der Waals surface area contributed by atoms with E-state index < -0.39 is 0 Å². The maximum absolute atomic E-state index is 12.2. The maximum atomic E-state index is 12.2. The van der Waals surface area contributed by atoms with Crippen LogP contribution < -0.4 is 10.1 Å². The first-order valence-corrected chi connectivity index (χ1v) is 8.84. The zero-order valence-electron chi connectivity index (χ0n) is 14.2. The Kier molecular flexibility index (Phi) is 5.62. The highest BCUT2D eigenvalue weighted by atomic mass is 32.1. The van der Waals surface area contributed by atoms with E-state index in [1.165, 1.54) is 11.3 Å². The van der Waals surface area contributed by atoms with E-state index in [0.717, 1.165) is 28.2 Å². The number of nitriles is 1. The molecule has 0 radical (unpaired) electrons. The first-order valence-electron chi connectivity index (χ1n) is 8.03. The van der Waals surface area contributed by atoms with E-state index in [0.29, 0.717) is 10.7 Å². The minimum absolute atomic E-state index is 0.102. The number of hydrogen-bond donors (Lipinski definition) is 1. The number of thiazole rings is 1. The first-order chi connectivity index (χ1) is 12.7. The Bertz CT molecular complexity index is 925. The summed E-state index contributed by atoms with van der Waals surface area (Å²) in [6.45, 7) is 0. The Morgan fingerprint density at radius 2 is 1.85 bits per heavy atom. The normalized spacial score (nSPS) is 10.2. The van der Waals surface area contributed by atoms with Crippen LogP contribution in [0.25, 0.3) is 0 Å². The number of carbonyl (C=O) groups excluding carboxylic acids is 1. The number of anilines is 1. The van der Waals surface area contributed by atoms with E-state index in [9.17, 15) is 4.79 Å². The van der Waals surface area contributed by atoms with Crippen molar-refractivity contribution in [1.82, 2.24) is 4.98 Å². The molecule has 0 fully saturated rings. The number of aromatic nitrogens is 1. The average molecular weight is 363 g/mol. The highest BCUT2D eigenvalue weighted by Gasteiger charge is 2.08. The van der Waals surface area contributed by atoms with Crippen LogP contribution in [0.3, 0.4) is 0 Å². The predicted octanol–water partition coefficient (Wildman–Crippen LogP) is 3.80. The van der Waals surface area contributed by atoms with Gasteiger partial charge in [-0.1, -0.05) is 24.3 Å². The van der Waals surface area contributed by atoms with Crippen molar-refractivity contribution in [2.24, 2.45) is 0 Å². The van der Waals surface area contributed by atoms with Gasteiger partial charge in [-0.25, -0.2) is 4.98 Å². The predicted molar refractivity (Wildman–Crippen MR) is 101 cm³/mol. The number of benzene rings is 2. The van der Waals surface area contributed by atoms with Crippen LogP contribution in [0, 0.1) is 11.3 Å². The summed E-state index contributed by atoms with van der Waals surface area (Å²) in [6.07, 6.45) is 2.78. The Hall–Kier alpha value is -3.17. The van der Waals surface area contributed by atoms with Crippen molar-refractivity contribution >= 4 is 22.4 Å². The van der Waals surface area contributed by atoms with Crippen LogP contribution >= 0.6 is 11.3 Å². The molecule has 1 amide bonds. The number of ether oxygens (including phenoxy) is 1. The minimum atomic E-state index is -0.102. The van der Waals surface area contributed by atoms with E-state index in [2.05, 4.69) is 16.4 Å². The molecule has 6 heteroatoms. The van der Waals surface area contributed by atoms with Gasteiger partial charge in [-0.05, 0) is 35.4 Å². The highest BCUT2D eigenvalue weighted by Crippen LogP contribution is 2.22. The van der Waals surface area contributed by atoms with E-state index >= 15 is 0 Å². The highest BCUT2D eigenvalue weighted by molar-refractivity contribution is 7.15. The summed E-state index contributed by atoms with van der Waals surface area (Å²) in [5.74, 6) is 0.663. The Morgan fingerprint density at radius 3 is 2.50 bits per heavy atom. The smallest absolute Gasteiger partial charge is 0.230 e. The summed E-state index contributed by atoms with van der Waals surface area (Å²) in [6, 6.07) is 17.0. The van der Waals surface area contributed by atoms with Gasteiger partial charge in [-0.3, -0.25) is 4.79 Å². The summed E-state index contributed by atoms with van der Waals surface area (Å²) in [5, 5.41) is 12.3. The van der Waals surface area contributed by atoms with Crippen molar-refractivity contribution < 1.29 is 9.53 Å². The molecule has 0 atom stereocenters. The fraction of sp³-hybridized carbons (Fsp3) is 0.150. The largest absolute Gasteiger partial charge is 0.497 e. The van der Waals surface area contributed by atoms with Gasteiger partial charge >= 0.3 is 0 Å². The Balaban J connectivity index is 1.56. The molecule has 5 nitrogen and oxygen atoms in total. The van der Waals surface area contributed by atoms with Gasteiger partial charge in [0.25, 0.3) is 0 Å². The molecule has 0 saturated carbocycles. The maximum Gasteiger partial charge on any atom is 0.230 e. The number of nitrogens with zero attached hydrogens (tertiary/aromatic N) is 2. The lowest BCUT2D eigenvalue weighted by atomic mass is 10.1. The summed E-state index contributed by atoms with van der Waals surface area (Å²) in [4.78, 5) is 17.5. The van der Waals surface area contributed by atoms with Crippen molar-refractivity contribution in [3.05, 3.63) is 76.3 Å². The first kappa shape index (κ1) is 17.6. The van der Waals surface area contributed by atoms with Crippen molar-refractivity contribution in [1.29, 1.82) is 5.26 Å². The summed E-state index contributed by atoms with van der Waals surface area (Å²) in [7, 11) is 1.61. The van der Waals surface area contributed by atoms with Gasteiger partial charge in [-0.15, -0.1) is 11.3 Å². The number of rotatable bonds is 6. The molecule has 3 aromatic rings. The zero-order valence-corrected chi connectivity index (χ0v) is 15.0. The van der Waals surface area contributed by atoms with Gasteiger partial charge in [0.05, 0.1) is 25.2 Å². The molecule has 0 aliphatic heterocycles. The lowest BCUT2D eigenvalue weighted by molar-refractivity contribution is -0.115. The van der Waals surface area contributed by atoms with Crippen LogP contribution in [0.4, 0.5) is 5.13 Å². The molecule has 1 aromatic heterocycles. The molecule has 1 N–H and O–H groups in total. The third kappa shape index (κ3) is 4.68. The third-order valence-electron chi connectivity index (χ3n) is 3.79. The number of hydrogen-bond acceptors (Lipinski definition) is 5. The fourth-order valence-electron chi connectivity index (χ4n) is 2.44. The van der Waals surface area contributed by atoms with Gasteiger partial charge in [0.15, 0.2) is 5.13 Å². The van der Waals surface area contributed by atoms with Gasteiger partial charge in [-0.2, -0.15) is 5.26 Å². The fourth-order valence-corrected chi connectivity index (χ4v) is 3.30. The topological polar surface area (TPSA) is 75.0 Å². The van der Waals surface area contributed by atoms with Gasteiger partial charge in [0.1, 0.15) is 5.75 Å². The molecule has 130 valence electrons. The molecular weight excluding hydrogens is 346 g/mol. The summed E-state index contributed by atoms with van der Waals surface area (Å²) >= 11 is 1.45. The SMILES string of the molecule is COc1ccc(CC(=O)Nc2ncc(Cc3ccc(C#N)cc3)s2)cc1. The summed E-state index contributed by atoms with van der Waals surface area (Å²) in [5.41, 5.74) is 2.66. The molecule has 26 heavy (non-hydrogen) atoms. The van der Waals surface area contributed by atoms with Crippen molar-refractivity contribution in [3.63, 3.8) is 0 Å².